The molecule has 1 fully saturated rings. The highest BCUT2D eigenvalue weighted by molar-refractivity contribution is 6.01. The van der Waals surface area contributed by atoms with Crippen LogP contribution in [0.15, 0.2) is 90.0 Å². The van der Waals surface area contributed by atoms with Gasteiger partial charge in [0.1, 0.15) is 16.8 Å². The van der Waals surface area contributed by atoms with Gasteiger partial charge in [0.15, 0.2) is 17.3 Å². The van der Waals surface area contributed by atoms with Crippen LogP contribution in [0.3, 0.4) is 0 Å². The molecule has 234 valence electrons. The van der Waals surface area contributed by atoms with E-state index in [1.165, 1.54) is 6.07 Å². The van der Waals surface area contributed by atoms with E-state index in [-0.39, 0.29) is 28.9 Å². The van der Waals surface area contributed by atoms with E-state index in [9.17, 15) is 9.59 Å². The smallest absolute Gasteiger partial charge is 0.256 e. The summed E-state index contributed by atoms with van der Waals surface area (Å²) in [4.78, 5) is 33.9. The Kier molecular flexibility index (Phi) is 8.45. The number of ether oxygens (including phenoxy) is 2. The number of carbonyl (C=O) groups excluding carboxylic acids is 1. The zero-order valence-electron chi connectivity index (χ0n) is 25.3. The molecule has 5 aromatic rings. The largest absolute Gasteiger partial charge is 0.451 e. The number of morpholine rings is 1. The Balaban J connectivity index is 1.26. The van der Waals surface area contributed by atoms with E-state index in [2.05, 4.69) is 20.5 Å². The lowest BCUT2D eigenvalue weighted by Crippen LogP contribution is -2.37. The summed E-state index contributed by atoms with van der Waals surface area (Å²) in [7, 11) is 0. The number of nitrogens with one attached hydrogen (secondary N) is 2. The number of rotatable bonds is 10. The molecular weight excluding hydrogens is 585 g/mol. The molecule has 1 saturated heterocycles. The summed E-state index contributed by atoms with van der Waals surface area (Å²) in [5.74, 6) is -0.443. The molecule has 46 heavy (non-hydrogen) atoms. The van der Waals surface area contributed by atoms with Crippen LogP contribution in [0.5, 0.6) is 11.5 Å². The Morgan fingerprint density at radius 1 is 0.957 bits per heavy atom. The third-order valence-corrected chi connectivity index (χ3v) is 8.43. The first-order chi connectivity index (χ1) is 22.6. The van der Waals surface area contributed by atoms with Gasteiger partial charge in [0.25, 0.3) is 5.91 Å². The van der Waals surface area contributed by atoms with Crippen LogP contribution in [-0.2, 0) is 11.2 Å². The predicted molar refractivity (Wildman–Crippen MR) is 176 cm³/mol. The average Bonchev–Trinajstić information content (AvgIpc) is 3.09. The van der Waals surface area contributed by atoms with Crippen molar-refractivity contribution in [3.8, 4) is 28.3 Å². The summed E-state index contributed by atoms with van der Waals surface area (Å²) in [6.45, 7) is 4.86. The number of benzene rings is 3. The van der Waals surface area contributed by atoms with Crippen molar-refractivity contribution in [2.24, 2.45) is 0 Å². The van der Waals surface area contributed by atoms with Crippen molar-refractivity contribution in [3.63, 3.8) is 0 Å². The van der Waals surface area contributed by atoms with E-state index in [0.717, 1.165) is 56.1 Å². The molecule has 4 heterocycles. The fraction of sp³-hybridized carbons (Fsp3) is 0.250. The minimum absolute atomic E-state index is 0.0690. The molecule has 0 bridgehead atoms. The van der Waals surface area contributed by atoms with E-state index in [1.807, 2.05) is 66.7 Å². The molecule has 2 aromatic heterocycles. The zero-order valence-corrected chi connectivity index (χ0v) is 25.3. The number of fused-ring (bicyclic) bond motifs is 2. The minimum atomic E-state index is -0.616. The number of hydrogen-bond donors (Lipinski definition) is 2. The fourth-order valence-corrected chi connectivity index (χ4v) is 6.04. The molecule has 3 aromatic carbocycles. The number of carbonyl (C=O) groups is 1. The lowest BCUT2D eigenvalue weighted by atomic mass is 10.0. The van der Waals surface area contributed by atoms with Gasteiger partial charge in [-0.15, -0.1) is 0 Å². The molecule has 0 unspecified atom stereocenters. The number of anilines is 1. The molecule has 0 atom stereocenters. The lowest BCUT2D eigenvalue weighted by molar-refractivity contribution is 0.0378. The molecule has 2 aliphatic rings. The van der Waals surface area contributed by atoms with Crippen LogP contribution in [0.4, 0.5) is 10.1 Å². The summed E-state index contributed by atoms with van der Waals surface area (Å²) in [5.41, 5.74) is 3.36. The maximum atomic E-state index is 15.8. The van der Waals surface area contributed by atoms with Crippen molar-refractivity contribution in [3.05, 3.63) is 112 Å². The molecule has 0 radical (unpaired) electrons. The number of pyridine rings is 2. The van der Waals surface area contributed by atoms with E-state index < -0.39 is 17.2 Å². The van der Waals surface area contributed by atoms with E-state index in [0.29, 0.717) is 29.9 Å². The summed E-state index contributed by atoms with van der Waals surface area (Å²) in [6, 6.07) is 22.4. The summed E-state index contributed by atoms with van der Waals surface area (Å²) < 4.78 is 29.4. The van der Waals surface area contributed by atoms with Crippen LogP contribution >= 0.6 is 0 Å². The third-order valence-electron chi connectivity index (χ3n) is 8.43. The second-order valence-corrected chi connectivity index (χ2v) is 11.4. The normalized spacial score (nSPS) is 14.0. The first-order valence-corrected chi connectivity index (χ1v) is 15.6. The Bertz CT molecular complexity index is 1940. The van der Waals surface area contributed by atoms with Gasteiger partial charge >= 0.3 is 0 Å². The SMILES string of the molecule is O=C(NCCc1ccccn1)c1cn2c3c(c(NCCCN4CCOCC4)c(F)cc3c1=O)Oc1ccc(-c3ccccc3)cc1-2. The predicted octanol–water partition coefficient (Wildman–Crippen LogP) is 5.40. The molecule has 1 amide bonds. The molecule has 9 nitrogen and oxygen atoms in total. The van der Waals surface area contributed by atoms with Crippen molar-refractivity contribution in [2.75, 3.05) is 51.3 Å². The monoisotopic (exact) mass is 619 g/mol. The average molecular weight is 620 g/mol. The van der Waals surface area contributed by atoms with Gasteiger partial charge in [-0.05, 0) is 54.4 Å². The first-order valence-electron chi connectivity index (χ1n) is 15.6. The molecule has 0 spiro atoms. The van der Waals surface area contributed by atoms with Gasteiger partial charge in [-0.2, -0.15) is 0 Å². The van der Waals surface area contributed by atoms with E-state index in [1.54, 1.807) is 17.0 Å². The summed E-state index contributed by atoms with van der Waals surface area (Å²) in [5, 5.41) is 6.15. The van der Waals surface area contributed by atoms with Gasteiger partial charge in [-0.3, -0.25) is 19.5 Å². The minimum Gasteiger partial charge on any atom is -0.451 e. The Morgan fingerprint density at radius 2 is 1.78 bits per heavy atom. The van der Waals surface area contributed by atoms with Gasteiger partial charge in [-0.25, -0.2) is 4.39 Å². The topological polar surface area (TPSA) is 97.7 Å². The second-order valence-electron chi connectivity index (χ2n) is 11.4. The summed E-state index contributed by atoms with van der Waals surface area (Å²) >= 11 is 0. The van der Waals surface area contributed by atoms with Crippen molar-refractivity contribution in [1.29, 1.82) is 0 Å². The molecule has 0 saturated carbocycles. The van der Waals surface area contributed by atoms with Crippen LogP contribution in [0.2, 0.25) is 0 Å². The van der Waals surface area contributed by atoms with Crippen LogP contribution in [0.1, 0.15) is 22.5 Å². The highest BCUT2D eigenvalue weighted by Gasteiger charge is 2.29. The molecule has 0 aliphatic carbocycles. The molecule has 2 aliphatic heterocycles. The van der Waals surface area contributed by atoms with E-state index >= 15 is 4.39 Å². The van der Waals surface area contributed by atoms with Gasteiger partial charge in [0.2, 0.25) is 5.43 Å². The first kappa shape index (κ1) is 29.6. The molecule has 2 N–H and O–H groups in total. The number of amides is 1. The second kappa shape index (κ2) is 13.1. The molecule has 7 rings (SSSR count). The van der Waals surface area contributed by atoms with Crippen LogP contribution in [-0.4, -0.2) is 66.3 Å². The van der Waals surface area contributed by atoms with Gasteiger partial charge in [-0.1, -0.05) is 42.5 Å². The van der Waals surface area contributed by atoms with Gasteiger partial charge in [0.05, 0.1) is 24.3 Å². The third kappa shape index (κ3) is 5.96. The maximum Gasteiger partial charge on any atom is 0.256 e. The number of hydrogen-bond acceptors (Lipinski definition) is 7. The quantitative estimate of drug-likeness (QED) is 0.198. The Hall–Kier alpha value is -5.06. The van der Waals surface area contributed by atoms with Crippen LogP contribution in [0.25, 0.3) is 27.7 Å². The fourth-order valence-electron chi connectivity index (χ4n) is 6.04. The van der Waals surface area contributed by atoms with Crippen molar-refractivity contribution in [2.45, 2.75) is 12.8 Å². The number of halogens is 1. The lowest BCUT2D eigenvalue weighted by Gasteiger charge is -2.28. The van der Waals surface area contributed by atoms with Gasteiger partial charge < -0.3 is 24.7 Å². The van der Waals surface area contributed by atoms with Crippen molar-refractivity contribution >= 4 is 22.5 Å². The number of nitrogens with zero attached hydrogens (tertiary/aromatic N) is 3. The Morgan fingerprint density at radius 3 is 2.59 bits per heavy atom. The molecule has 10 heteroatoms. The van der Waals surface area contributed by atoms with Crippen LogP contribution < -0.4 is 20.8 Å². The Labute approximate surface area is 265 Å². The van der Waals surface area contributed by atoms with E-state index in [4.69, 9.17) is 9.47 Å². The van der Waals surface area contributed by atoms with Crippen LogP contribution in [0, 0.1) is 5.82 Å². The highest BCUT2D eigenvalue weighted by Crippen LogP contribution is 2.46. The number of aromatic nitrogens is 2. The van der Waals surface area contributed by atoms with Gasteiger partial charge in [0, 0.05) is 50.7 Å². The zero-order chi connectivity index (χ0) is 31.5. The molecular formula is C36H34FN5O4. The standard InChI is InChI=1S/C36H34FN5O4/c37-29-22-27-33-35(32(29)39-14-6-16-41-17-19-45-20-18-41)46-31-11-10-25(24-7-2-1-3-8-24)21-30(31)42(33)23-28(34(27)43)36(44)40-15-12-26-9-4-5-13-38-26/h1-5,7-11,13,21-23,39H,6,12,14-20H2,(H,40,44). The summed E-state index contributed by atoms with van der Waals surface area (Å²) in [6.07, 6.45) is 4.53. The highest BCUT2D eigenvalue weighted by atomic mass is 19.1. The van der Waals surface area contributed by atoms with Crippen molar-refractivity contribution in [1.82, 2.24) is 19.8 Å². The maximum absolute atomic E-state index is 15.8. The van der Waals surface area contributed by atoms with Crippen molar-refractivity contribution < 1.29 is 18.7 Å².